The molecule has 0 aliphatic heterocycles. The van der Waals surface area contributed by atoms with E-state index in [0.29, 0.717) is 6.54 Å². The van der Waals surface area contributed by atoms with Gasteiger partial charge in [0.15, 0.2) is 0 Å². The highest BCUT2D eigenvalue weighted by Crippen LogP contribution is 2.14. The largest absolute Gasteiger partial charge is 0.481 e. The topological polar surface area (TPSA) is 81.7 Å². The molecule has 0 aliphatic rings. The van der Waals surface area contributed by atoms with E-state index in [2.05, 4.69) is 29.4 Å². The van der Waals surface area contributed by atoms with Crippen LogP contribution in [0, 0.1) is 11.3 Å². The predicted molar refractivity (Wildman–Crippen MR) is 75.1 cm³/mol. The lowest BCUT2D eigenvalue weighted by atomic mass is 9.93. The minimum atomic E-state index is -0.916. The summed E-state index contributed by atoms with van der Waals surface area (Å²) < 4.78 is 0. The number of urea groups is 1. The average Bonchev–Trinajstić information content (AvgIpc) is 2.23. The Morgan fingerprint density at radius 1 is 1.26 bits per heavy atom. The van der Waals surface area contributed by atoms with Crippen LogP contribution >= 0.6 is 0 Å². The predicted octanol–water partition coefficient (Wildman–Crippen LogP) is 0.983. The van der Waals surface area contributed by atoms with Gasteiger partial charge in [-0.25, -0.2) is 4.79 Å². The number of carbonyl (C=O) groups is 2. The molecule has 0 aromatic heterocycles. The normalized spacial score (nSPS) is 14.9. The third-order valence-corrected chi connectivity index (χ3v) is 2.97. The molecule has 6 heteroatoms. The first-order chi connectivity index (χ1) is 8.55. The number of carbonyl (C=O) groups excluding carboxylic acids is 1. The molecule has 0 saturated carbocycles. The molecule has 0 heterocycles. The van der Waals surface area contributed by atoms with Crippen LogP contribution < -0.4 is 10.6 Å². The number of amides is 2. The Morgan fingerprint density at radius 3 is 2.21 bits per heavy atom. The van der Waals surface area contributed by atoms with Crippen LogP contribution in [0.3, 0.4) is 0 Å². The van der Waals surface area contributed by atoms with Gasteiger partial charge in [0.05, 0.1) is 5.92 Å². The van der Waals surface area contributed by atoms with E-state index in [1.807, 2.05) is 14.1 Å². The van der Waals surface area contributed by atoms with Crippen LogP contribution in [0.4, 0.5) is 4.79 Å². The van der Waals surface area contributed by atoms with Crippen molar-refractivity contribution in [2.45, 2.75) is 33.7 Å². The van der Waals surface area contributed by atoms with Crippen molar-refractivity contribution in [3.8, 4) is 0 Å². The van der Waals surface area contributed by atoms with Crippen molar-refractivity contribution >= 4 is 12.0 Å². The van der Waals surface area contributed by atoms with Gasteiger partial charge in [-0.2, -0.15) is 0 Å². The first kappa shape index (κ1) is 17.7. The summed E-state index contributed by atoms with van der Waals surface area (Å²) in [4.78, 5) is 24.5. The molecule has 112 valence electrons. The molecule has 2 atom stereocenters. The highest BCUT2D eigenvalue weighted by molar-refractivity contribution is 5.76. The number of carboxylic acid groups (broad SMARTS) is 1. The van der Waals surface area contributed by atoms with Crippen LogP contribution in [0.5, 0.6) is 0 Å². The van der Waals surface area contributed by atoms with E-state index in [1.54, 1.807) is 13.8 Å². The standard InChI is InChI=1S/C13H27N3O3/c1-9(11(17)18)10(2)15-12(19)14-7-13(3,4)8-16(5)6/h9-10H,7-8H2,1-6H3,(H,17,18)(H2,14,15,19). The van der Waals surface area contributed by atoms with Gasteiger partial charge in [-0.3, -0.25) is 4.79 Å². The van der Waals surface area contributed by atoms with Crippen LogP contribution in [0.25, 0.3) is 0 Å². The minimum Gasteiger partial charge on any atom is -0.481 e. The number of carboxylic acids is 1. The summed E-state index contributed by atoms with van der Waals surface area (Å²) in [5.74, 6) is -1.53. The van der Waals surface area contributed by atoms with E-state index in [-0.39, 0.29) is 11.4 Å². The molecule has 2 unspecified atom stereocenters. The minimum absolute atomic E-state index is 0.0392. The van der Waals surface area contributed by atoms with E-state index in [0.717, 1.165) is 6.54 Å². The van der Waals surface area contributed by atoms with E-state index in [1.165, 1.54) is 0 Å². The van der Waals surface area contributed by atoms with Crippen LogP contribution in [-0.4, -0.2) is 55.2 Å². The van der Waals surface area contributed by atoms with Crippen molar-refractivity contribution in [1.29, 1.82) is 0 Å². The number of rotatable bonds is 7. The van der Waals surface area contributed by atoms with Gasteiger partial charge in [0.1, 0.15) is 0 Å². The zero-order valence-electron chi connectivity index (χ0n) is 12.8. The maximum absolute atomic E-state index is 11.7. The Kier molecular flexibility index (Phi) is 6.83. The van der Waals surface area contributed by atoms with Gasteiger partial charge in [0.2, 0.25) is 0 Å². The second-order valence-electron chi connectivity index (χ2n) is 6.14. The number of hydrogen-bond donors (Lipinski definition) is 3. The number of nitrogens with zero attached hydrogens (tertiary/aromatic N) is 1. The Balaban J connectivity index is 4.15. The first-order valence-electron chi connectivity index (χ1n) is 6.47. The second kappa shape index (κ2) is 7.33. The third-order valence-electron chi connectivity index (χ3n) is 2.97. The molecule has 0 fully saturated rings. The SMILES string of the molecule is CC(NC(=O)NCC(C)(C)CN(C)C)C(C)C(=O)O. The van der Waals surface area contributed by atoms with Crippen LogP contribution in [0.1, 0.15) is 27.7 Å². The molecular weight excluding hydrogens is 246 g/mol. The quantitative estimate of drug-likeness (QED) is 0.646. The van der Waals surface area contributed by atoms with Crippen molar-refractivity contribution in [3.05, 3.63) is 0 Å². The number of nitrogens with one attached hydrogen (secondary N) is 2. The fourth-order valence-electron chi connectivity index (χ4n) is 1.83. The molecule has 0 aliphatic carbocycles. The summed E-state index contributed by atoms with van der Waals surface area (Å²) in [5, 5.41) is 14.3. The van der Waals surface area contributed by atoms with Crippen molar-refractivity contribution in [3.63, 3.8) is 0 Å². The van der Waals surface area contributed by atoms with Crippen LogP contribution in [0.15, 0.2) is 0 Å². The van der Waals surface area contributed by atoms with Gasteiger partial charge in [-0.15, -0.1) is 0 Å². The smallest absolute Gasteiger partial charge is 0.315 e. The molecule has 0 bridgehead atoms. The first-order valence-corrected chi connectivity index (χ1v) is 6.47. The Morgan fingerprint density at radius 2 is 1.79 bits per heavy atom. The fraction of sp³-hybridized carbons (Fsp3) is 0.846. The van der Waals surface area contributed by atoms with Crippen molar-refractivity contribution in [2.75, 3.05) is 27.2 Å². The second-order valence-corrected chi connectivity index (χ2v) is 6.14. The van der Waals surface area contributed by atoms with Crippen molar-refractivity contribution in [2.24, 2.45) is 11.3 Å². The molecule has 0 spiro atoms. The van der Waals surface area contributed by atoms with Gasteiger partial charge in [-0.05, 0) is 33.4 Å². The third kappa shape index (κ3) is 7.66. The molecule has 2 amide bonds. The van der Waals surface area contributed by atoms with E-state index in [4.69, 9.17) is 5.11 Å². The monoisotopic (exact) mass is 273 g/mol. The highest BCUT2D eigenvalue weighted by atomic mass is 16.4. The summed E-state index contributed by atoms with van der Waals surface area (Å²) in [5.41, 5.74) is -0.0392. The maximum Gasteiger partial charge on any atom is 0.315 e. The fourth-order valence-corrected chi connectivity index (χ4v) is 1.83. The zero-order chi connectivity index (χ0) is 15.2. The molecule has 0 rings (SSSR count). The van der Waals surface area contributed by atoms with Gasteiger partial charge in [-0.1, -0.05) is 13.8 Å². The average molecular weight is 273 g/mol. The molecule has 0 aromatic carbocycles. The van der Waals surface area contributed by atoms with Crippen LogP contribution in [-0.2, 0) is 4.79 Å². The van der Waals surface area contributed by atoms with E-state index in [9.17, 15) is 9.59 Å². The summed E-state index contributed by atoms with van der Waals surface area (Å²) in [6.45, 7) is 8.78. The number of hydrogen-bond acceptors (Lipinski definition) is 3. The Bertz CT molecular complexity index is 316. The van der Waals surface area contributed by atoms with Crippen molar-refractivity contribution in [1.82, 2.24) is 15.5 Å². The molecular formula is C13H27N3O3. The lowest BCUT2D eigenvalue weighted by Gasteiger charge is -2.29. The summed E-state index contributed by atoms with van der Waals surface area (Å²) >= 11 is 0. The van der Waals surface area contributed by atoms with Crippen LogP contribution in [0.2, 0.25) is 0 Å². The molecule has 6 nitrogen and oxygen atoms in total. The summed E-state index contributed by atoms with van der Waals surface area (Å²) in [7, 11) is 3.97. The summed E-state index contributed by atoms with van der Waals surface area (Å²) in [6, 6.07) is -0.734. The van der Waals surface area contributed by atoms with Gasteiger partial charge >= 0.3 is 12.0 Å². The Hall–Kier alpha value is -1.30. The molecule has 0 aromatic rings. The lowest BCUT2D eigenvalue weighted by Crippen LogP contribution is -2.48. The highest BCUT2D eigenvalue weighted by Gasteiger charge is 2.23. The maximum atomic E-state index is 11.7. The molecule has 19 heavy (non-hydrogen) atoms. The van der Waals surface area contributed by atoms with Gasteiger partial charge < -0.3 is 20.6 Å². The van der Waals surface area contributed by atoms with Crippen molar-refractivity contribution < 1.29 is 14.7 Å². The lowest BCUT2D eigenvalue weighted by molar-refractivity contribution is -0.141. The molecule has 0 saturated heterocycles. The van der Waals surface area contributed by atoms with Gasteiger partial charge in [0, 0.05) is 19.1 Å². The van der Waals surface area contributed by atoms with Gasteiger partial charge in [0.25, 0.3) is 0 Å². The number of aliphatic carboxylic acids is 1. The molecule has 3 N–H and O–H groups in total. The summed E-state index contributed by atoms with van der Waals surface area (Å²) in [6.07, 6.45) is 0. The Labute approximate surface area is 115 Å². The van der Waals surface area contributed by atoms with E-state index >= 15 is 0 Å². The molecule has 0 radical (unpaired) electrons. The zero-order valence-corrected chi connectivity index (χ0v) is 12.8. The van der Waals surface area contributed by atoms with E-state index < -0.39 is 17.9 Å².